The van der Waals surface area contributed by atoms with Crippen LogP contribution in [-0.2, 0) is 0 Å². The maximum absolute atomic E-state index is 6.23. The fourth-order valence-corrected chi connectivity index (χ4v) is 4.98. The summed E-state index contributed by atoms with van der Waals surface area (Å²) in [6.45, 7) is 0. The second-order valence-electron chi connectivity index (χ2n) is 9.34. The van der Waals surface area contributed by atoms with Crippen LogP contribution in [0, 0.1) is 0 Å². The number of pyridine rings is 4. The van der Waals surface area contributed by atoms with E-state index >= 15 is 0 Å². The van der Waals surface area contributed by atoms with E-state index in [-0.39, 0.29) is 6.10 Å². The maximum atomic E-state index is 6.23. The standard InChI is InChI=1S/C28H24N8O/c1-2-6-18(7-3-1)37-19-12-17(13-29-14-19)21-9-10-23-26(32-21)27(36-35-23)28-33-24-16-30-15-20(25(24)34-28)22-8-4-5-11-31-22/h4-5,8-16,18H,1-3,6-7H2,(H,33,34)(H,35,36). The van der Waals surface area contributed by atoms with Crippen molar-refractivity contribution in [2.75, 3.05) is 0 Å². The van der Waals surface area contributed by atoms with Crippen LogP contribution in [-0.4, -0.2) is 46.2 Å². The van der Waals surface area contributed by atoms with Crippen LogP contribution in [0.4, 0.5) is 0 Å². The Hall–Kier alpha value is -4.66. The van der Waals surface area contributed by atoms with Crippen LogP contribution in [0.2, 0.25) is 0 Å². The molecular formula is C28H24N8O. The van der Waals surface area contributed by atoms with Crippen LogP contribution in [0.25, 0.3) is 56.1 Å². The van der Waals surface area contributed by atoms with Crippen molar-refractivity contribution < 1.29 is 4.74 Å². The summed E-state index contributed by atoms with van der Waals surface area (Å²) < 4.78 is 6.23. The van der Waals surface area contributed by atoms with Crippen molar-refractivity contribution in [2.24, 2.45) is 0 Å². The van der Waals surface area contributed by atoms with Crippen molar-refractivity contribution in [3.8, 4) is 39.8 Å². The molecule has 2 N–H and O–H groups in total. The smallest absolute Gasteiger partial charge is 0.161 e. The lowest BCUT2D eigenvalue weighted by atomic mass is 9.98. The SMILES string of the molecule is c1ccc(-c2cncc3[nH]c(-c4n[nH]c5ccc(-c6cncc(OC7CCCCC7)c6)nc45)nc23)nc1. The number of aromatic amines is 2. The zero-order valence-corrected chi connectivity index (χ0v) is 20.1. The molecule has 0 saturated heterocycles. The molecule has 0 atom stereocenters. The van der Waals surface area contributed by atoms with Crippen LogP contribution in [0.15, 0.2) is 67.4 Å². The third-order valence-electron chi connectivity index (χ3n) is 6.83. The Bertz CT molecular complexity index is 1700. The summed E-state index contributed by atoms with van der Waals surface area (Å²) >= 11 is 0. The third-order valence-corrected chi connectivity index (χ3v) is 6.83. The van der Waals surface area contributed by atoms with E-state index in [1.54, 1.807) is 24.8 Å². The van der Waals surface area contributed by atoms with E-state index in [0.29, 0.717) is 11.5 Å². The van der Waals surface area contributed by atoms with Gasteiger partial charge in [-0.1, -0.05) is 12.5 Å². The van der Waals surface area contributed by atoms with E-state index in [4.69, 9.17) is 14.7 Å². The zero-order valence-electron chi connectivity index (χ0n) is 20.1. The molecule has 9 nitrogen and oxygen atoms in total. The van der Waals surface area contributed by atoms with Gasteiger partial charge in [-0.2, -0.15) is 5.10 Å². The first kappa shape index (κ1) is 21.6. The Morgan fingerprint density at radius 2 is 1.73 bits per heavy atom. The van der Waals surface area contributed by atoms with Gasteiger partial charge in [-0.25, -0.2) is 9.97 Å². The number of hydrogen-bond acceptors (Lipinski definition) is 7. The van der Waals surface area contributed by atoms with Crippen molar-refractivity contribution in [1.82, 2.24) is 40.1 Å². The fourth-order valence-electron chi connectivity index (χ4n) is 4.98. The Balaban J connectivity index is 1.26. The van der Waals surface area contributed by atoms with Gasteiger partial charge >= 0.3 is 0 Å². The van der Waals surface area contributed by atoms with Crippen molar-refractivity contribution in [3.05, 3.63) is 67.4 Å². The number of H-pyrrole nitrogens is 2. The summed E-state index contributed by atoms with van der Waals surface area (Å²) in [7, 11) is 0. The highest BCUT2D eigenvalue weighted by molar-refractivity contribution is 5.95. The highest BCUT2D eigenvalue weighted by Gasteiger charge is 2.18. The molecule has 0 amide bonds. The molecule has 0 bridgehead atoms. The van der Waals surface area contributed by atoms with E-state index in [1.807, 2.05) is 42.6 Å². The second-order valence-corrected chi connectivity index (χ2v) is 9.34. The average Bonchev–Trinajstić information content (AvgIpc) is 3.58. The van der Waals surface area contributed by atoms with Gasteiger partial charge in [0.05, 0.1) is 40.9 Å². The molecule has 1 aliphatic carbocycles. The molecule has 6 aromatic heterocycles. The van der Waals surface area contributed by atoms with Gasteiger partial charge in [0.25, 0.3) is 0 Å². The van der Waals surface area contributed by atoms with Gasteiger partial charge in [-0.15, -0.1) is 0 Å². The number of imidazole rings is 1. The molecule has 182 valence electrons. The van der Waals surface area contributed by atoms with Crippen LogP contribution in [0.5, 0.6) is 5.75 Å². The average molecular weight is 489 g/mol. The summed E-state index contributed by atoms with van der Waals surface area (Å²) in [5.41, 5.74) is 7.14. The highest BCUT2D eigenvalue weighted by atomic mass is 16.5. The Kier molecular flexibility index (Phi) is 5.31. The minimum absolute atomic E-state index is 0.264. The molecule has 1 fully saturated rings. The lowest BCUT2D eigenvalue weighted by molar-refractivity contribution is 0.154. The Morgan fingerprint density at radius 1 is 0.811 bits per heavy atom. The first-order valence-electron chi connectivity index (χ1n) is 12.5. The number of fused-ring (bicyclic) bond motifs is 2. The second kappa shape index (κ2) is 9.09. The molecular weight excluding hydrogens is 464 g/mol. The van der Waals surface area contributed by atoms with Gasteiger partial charge in [0.2, 0.25) is 0 Å². The molecule has 0 unspecified atom stereocenters. The highest BCUT2D eigenvalue weighted by Crippen LogP contribution is 2.31. The Labute approximate surface area is 212 Å². The van der Waals surface area contributed by atoms with E-state index in [0.717, 1.165) is 63.2 Å². The summed E-state index contributed by atoms with van der Waals surface area (Å²) in [6, 6.07) is 11.7. The predicted octanol–water partition coefficient (Wildman–Crippen LogP) is 5.73. The van der Waals surface area contributed by atoms with Gasteiger partial charge < -0.3 is 9.72 Å². The van der Waals surface area contributed by atoms with Crippen molar-refractivity contribution in [3.63, 3.8) is 0 Å². The van der Waals surface area contributed by atoms with Crippen LogP contribution in [0.1, 0.15) is 32.1 Å². The molecule has 0 aliphatic heterocycles. The largest absolute Gasteiger partial charge is 0.489 e. The first-order chi connectivity index (χ1) is 18.3. The Morgan fingerprint density at radius 3 is 2.62 bits per heavy atom. The molecule has 37 heavy (non-hydrogen) atoms. The van der Waals surface area contributed by atoms with Crippen molar-refractivity contribution in [2.45, 2.75) is 38.2 Å². The van der Waals surface area contributed by atoms with Crippen molar-refractivity contribution >= 4 is 22.1 Å². The third kappa shape index (κ3) is 4.08. The number of nitrogens with zero attached hydrogens (tertiary/aromatic N) is 6. The van der Waals surface area contributed by atoms with Crippen molar-refractivity contribution in [1.29, 1.82) is 0 Å². The van der Waals surface area contributed by atoms with Gasteiger partial charge in [-0.05, 0) is 56.0 Å². The minimum atomic E-state index is 0.264. The topological polar surface area (TPSA) is 118 Å². The fraction of sp³-hybridized carbons (Fsp3) is 0.214. The summed E-state index contributed by atoms with van der Waals surface area (Å²) in [6.07, 6.45) is 15.1. The molecule has 1 saturated carbocycles. The molecule has 6 heterocycles. The lowest BCUT2D eigenvalue weighted by Gasteiger charge is -2.22. The van der Waals surface area contributed by atoms with Gasteiger partial charge in [0.1, 0.15) is 16.8 Å². The molecule has 7 rings (SSSR count). The van der Waals surface area contributed by atoms with E-state index in [2.05, 4.69) is 30.1 Å². The van der Waals surface area contributed by atoms with Crippen LogP contribution >= 0.6 is 0 Å². The summed E-state index contributed by atoms with van der Waals surface area (Å²) in [4.78, 5) is 26.4. The molecule has 1 aliphatic rings. The first-order valence-corrected chi connectivity index (χ1v) is 12.5. The molecule has 6 aromatic rings. The van der Waals surface area contributed by atoms with E-state index in [9.17, 15) is 0 Å². The summed E-state index contributed by atoms with van der Waals surface area (Å²) in [5.74, 6) is 1.40. The molecule has 0 spiro atoms. The van der Waals surface area contributed by atoms with Crippen LogP contribution < -0.4 is 4.74 Å². The molecule has 9 heteroatoms. The maximum Gasteiger partial charge on any atom is 0.161 e. The van der Waals surface area contributed by atoms with Gasteiger partial charge in [0, 0.05) is 29.7 Å². The van der Waals surface area contributed by atoms with E-state index in [1.165, 1.54) is 19.3 Å². The number of rotatable bonds is 5. The zero-order chi connectivity index (χ0) is 24.6. The molecule has 0 radical (unpaired) electrons. The van der Waals surface area contributed by atoms with Gasteiger partial charge in [0.15, 0.2) is 11.5 Å². The minimum Gasteiger partial charge on any atom is -0.489 e. The van der Waals surface area contributed by atoms with E-state index < -0.39 is 0 Å². The monoisotopic (exact) mass is 488 g/mol. The number of ether oxygens (including phenoxy) is 1. The normalized spacial score (nSPS) is 14.4. The number of aromatic nitrogens is 8. The molecule has 0 aromatic carbocycles. The lowest BCUT2D eigenvalue weighted by Crippen LogP contribution is -2.19. The summed E-state index contributed by atoms with van der Waals surface area (Å²) in [5, 5.41) is 7.62. The number of hydrogen-bond donors (Lipinski definition) is 2. The van der Waals surface area contributed by atoms with Gasteiger partial charge in [-0.3, -0.25) is 20.1 Å². The van der Waals surface area contributed by atoms with Crippen LogP contribution in [0.3, 0.4) is 0 Å². The predicted molar refractivity (Wildman–Crippen MR) is 141 cm³/mol. The number of nitrogens with one attached hydrogen (secondary N) is 2. The quantitative estimate of drug-likeness (QED) is 0.318.